The third-order valence-electron chi connectivity index (χ3n) is 4.78. The molecule has 10 heteroatoms. The topological polar surface area (TPSA) is 102 Å². The van der Waals surface area contributed by atoms with Crippen LogP contribution < -0.4 is 14.7 Å². The summed E-state index contributed by atoms with van der Waals surface area (Å²) in [5.41, 5.74) is 6.59. The van der Waals surface area contributed by atoms with E-state index in [0.717, 1.165) is 12.1 Å². The molecule has 1 unspecified atom stereocenters. The average Bonchev–Trinajstić information content (AvgIpc) is 2.74. The summed E-state index contributed by atoms with van der Waals surface area (Å²) in [7, 11) is -4.12. The molecular formula is C22H13BrF2N2O4S. The molecule has 0 amide bonds. The lowest BCUT2D eigenvalue weighted by atomic mass is 9.83. The molecule has 0 aliphatic carbocycles. The van der Waals surface area contributed by atoms with Gasteiger partial charge in [0.1, 0.15) is 28.0 Å². The summed E-state index contributed by atoms with van der Waals surface area (Å²) in [6.45, 7) is 0. The minimum Gasteiger partial charge on any atom is -0.440 e. The summed E-state index contributed by atoms with van der Waals surface area (Å²) < 4.78 is 63.8. The third-order valence-corrected chi connectivity index (χ3v) is 6.57. The van der Waals surface area contributed by atoms with Crippen LogP contribution in [0.4, 0.5) is 8.78 Å². The molecule has 6 nitrogen and oxygen atoms in total. The first-order valence-corrected chi connectivity index (χ1v) is 11.3. The van der Waals surface area contributed by atoms with Crippen molar-refractivity contribution in [3.05, 3.63) is 99.4 Å². The summed E-state index contributed by atoms with van der Waals surface area (Å²) in [5.74, 6) is -3.10. The maximum atomic E-state index is 13.8. The van der Waals surface area contributed by atoms with Crippen LogP contribution in [0.15, 0.2) is 81.5 Å². The SMILES string of the molecule is N#CC1=C(N)Oc2cc(OS(=O)(=O)c3ccc(Br)cc3)ccc2C1c1ccc(F)c(F)c1. The molecule has 1 aliphatic rings. The Kier molecular flexibility index (Phi) is 5.62. The van der Waals surface area contributed by atoms with Crippen LogP contribution in [0.3, 0.4) is 0 Å². The van der Waals surface area contributed by atoms with Gasteiger partial charge in [-0.2, -0.15) is 13.7 Å². The molecule has 2 N–H and O–H groups in total. The quantitative estimate of drug-likeness (QED) is 0.501. The number of rotatable bonds is 4. The fourth-order valence-corrected chi connectivity index (χ4v) is 4.49. The zero-order valence-corrected chi connectivity index (χ0v) is 18.5. The Balaban J connectivity index is 1.74. The Labute approximate surface area is 190 Å². The highest BCUT2D eigenvalue weighted by atomic mass is 79.9. The van der Waals surface area contributed by atoms with Crippen molar-refractivity contribution in [1.82, 2.24) is 0 Å². The van der Waals surface area contributed by atoms with E-state index in [1.807, 2.05) is 6.07 Å². The van der Waals surface area contributed by atoms with E-state index in [9.17, 15) is 22.5 Å². The van der Waals surface area contributed by atoms with E-state index in [1.165, 1.54) is 36.4 Å². The Hall–Kier alpha value is -3.42. The number of ether oxygens (including phenoxy) is 1. The standard InChI is InChI=1S/C22H13BrF2N2O4S/c23-13-2-5-15(6-3-13)32(28,29)31-14-4-7-16-20(10-14)30-22(27)17(11-26)21(16)12-1-8-18(24)19(25)9-12/h1-10,21H,27H2. The number of nitrogens with zero attached hydrogens (tertiary/aromatic N) is 1. The second kappa shape index (κ2) is 8.26. The van der Waals surface area contributed by atoms with Gasteiger partial charge in [0.05, 0.1) is 5.92 Å². The van der Waals surface area contributed by atoms with E-state index in [4.69, 9.17) is 14.7 Å². The van der Waals surface area contributed by atoms with E-state index in [-0.39, 0.29) is 33.4 Å². The van der Waals surface area contributed by atoms with Gasteiger partial charge < -0.3 is 14.7 Å². The predicted molar refractivity (Wildman–Crippen MR) is 114 cm³/mol. The van der Waals surface area contributed by atoms with E-state index >= 15 is 0 Å². The molecule has 162 valence electrons. The zero-order valence-electron chi connectivity index (χ0n) is 16.1. The molecule has 3 aromatic rings. The van der Waals surface area contributed by atoms with Crippen molar-refractivity contribution in [2.45, 2.75) is 10.8 Å². The Bertz CT molecular complexity index is 1400. The maximum absolute atomic E-state index is 13.8. The van der Waals surface area contributed by atoms with Crippen molar-refractivity contribution in [3.8, 4) is 17.6 Å². The van der Waals surface area contributed by atoms with Gasteiger partial charge in [-0.05, 0) is 48.0 Å². The van der Waals surface area contributed by atoms with Gasteiger partial charge in [-0.3, -0.25) is 0 Å². The molecule has 0 saturated heterocycles. The zero-order chi connectivity index (χ0) is 23.0. The van der Waals surface area contributed by atoms with Crippen LogP contribution in [-0.2, 0) is 10.1 Å². The van der Waals surface area contributed by atoms with Crippen molar-refractivity contribution in [3.63, 3.8) is 0 Å². The second-order valence-corrected chi connectivity index (χ2v) is 9.25. The van der Waals surface area contributed by atoms with Crippen molar-refractivity contribution in [1.29, 1.82) is 5.26 Å². The molecule has 0 saturated carbocycles. The van der Waals surface area contributed by atoms with Gasteiger partial charge in [-0.25, -0.2) is 8.78 Å². The first-order valence-electron chi connectivity index (χ1n) is 9.06. The molecule has 0 fully saturated rings. The summed E-state index contributed by atoms with van der Waals surface area (Å²) in [5, 5.41) is 9.55. The lowest BCUT2D eigenvalue weighted by Gasteiger charge is -2.26. The Morgan fingerprint density at radius 1 is 1.03 bits per heavy atom. The highest BCUT2D eigenvalue weighted by molar-refractivity contribution is 9.10. The van der Waals surface area contributed by atoms with Gasteiger partial charge in [0.15, 0.2) is 11.6 Å². The van der Waals surface area contributed by atoms with Crippen LogP contribution >= 0.6 is 15.9 Å². The highest BCUT2D eigenvalue weighted by Crippen LogP contribution is 2.43. The van der Waals surface area contributed by atoms with Crippen LogP contribution in [0.25, 0.3) is 0 Å². The van der Waals surface area contributed by atoms with Crippen molar-refractivity contribution >= 4 is 26.0 Å². The van der Waals surface area contributed by atoms with Crippen molar-refractivity contribution in [2.24, 2.45) is 5.73 Å². The fourth-order valence-electron chi connectivity index (χ4n) is 3.30. The number of nitriles is 1. The van der Waals surface area contributed by atoms with Crippen LogP contribution in [0, 0.1) is 23.0 Å². The lowest BCUT2D eigenvalue weighted by Crippen LogP contribution is -2.21. The summed E-state index contributed by atoms with van der Waals surface area (Å²) in [6, 6.07) is 15.3. The lowest BCUT2D eigenvalue weighted by molar-refractivity contribution is 0.391. The molecule has 1 aliphatic heterocycles. The minimum absolute atomic E-state index is 0.0136. The Morgan fingerprint density at radius 2 is 1.75 bits per heavy atom. The smallest absolute Gasteiger partial charge is 0.339 e. The van der Waals surface area contributed by atoms with Gasteiger partial charge >= 0.3 is 10.1 Å². The van der Waals surface area contributed by atoms with E-state index in [0.29, 0.717) is 10.0 Å². The van der Waals surface area contributed by atoms with E-state index in [2.05, 4.69) is 15.9 Å². The average molecular weight is 519 g/mol. The number of fused-ring (bicyclic) bond motifs is 1. The maximum Gasteiger partial charge on any atom is 0.339 e. The Morgan fingerprint density at radius 3 is 2.41 bits per heavy atom. The van der Waals surface area contributed by atoms with Gasteiger partial charge in [0.25, 0.3) is 0 Å². The first kappa shape index (κ1) is 21.8. The first-order chi connectivity index (χ1) is 15.2. The summed E-state index contributed by atoms with van der Waals surface area (Å²) >= 11 is 3.23. The second-order valence-electron chi connectivity index (χ2n) is 6.79. The van der Waals surface area contributed by atoms with Gasteiger partial charge in [-0.1, -0.05) is 28.1 Å². The molecule has 32 heavy (non-hydrogen) atoms. The summed E-state index contributed by atoms with van der Waals surface area (Å²) in [6.07, 6.45) is 0. The normalized spacial score (nSPS) is 15.5. The van der Waals surface area contributed by atoms with Gasteiger partial charge in [0, 0.05) is 16.1 Å². The molecule has 1 atom stereocenters. The van der Waals surface area contributed by atoms with Crippen molar-refractivity contribution < 1.29 is 26.1 Å². The summed E-state index contributed by atoms with van der Waals surface area (Å²) in [4.78, 5) is -0.0508. The number of benzene rings is 3. The van der Waals surface area contributed by atoms with Crippen LogP contribution in [-0.4, -0.2) is 8.42 Å². The number of hydrogen-bond donors (Lipinski definition) is 1. The third kappa shape index (κ3) is 4.04. The van der Waals surface area contributed by atoms with Crippen LogP contribution in [0.2, 0.25) is 0 Å². The molecule has 0 aromatic heterocycles. The molecule has 0 spiro atoms. The van der Waals surface area contributed by atoms with Crippen molar-refractivity contribution in [2.75, 3.05) is 0 Å². The number of nitrogens with two attached hydrogens (primary N) is 1. The monoisotopic (exact) mass is 518 g/mol. The molecule has 3 aromatic carbocycles. The number of hydrogen-bond acceptors (Lipinski definition) is 6. The molecule has 4 rings (SSSR count). The number of halogens is 3. The van der Waals surface area contributed by atoms with E-state index < -0.39 is 27.7 Å². The molecule has 0 radical (unpaired) electrons. The predicted octanol–water partition coefficient (Wildman–Crippen LogP) is 4.71. The van der Waals surface area contributed by atoms with Crippen LogP contribution in [0.1, 0.15) is 17.0 Å². The van der Waals surface area contributed by atoms with Crippen LogP contribution in [0.5, 0.6) is 11.5 Å². The molecular weight excluding hydrogens is 506 g/mol. The molecule has 1 heterocycles. The molecule has 0 bridgehead atoms. The fraction of sp³-hybridized carbons (Fsp3) is 0.0455. The van der Waals surface area contributed by atoms with Gasteiger partial charge in [0.2, 0.25) is 5.88 Å². The van der Waals surface area contributed by atoms with Gasteiger partial charge in [-0.15, -0.1) is 0 Å². The highest BCUT2D eigenvalue weighted by Gasteiger charge is 2.32. The largest absolute Gasteiger partial charge is 0.440 e. The minimum atomic E-state index is -4.12. The number of allylic oxidation sites excluding steroid dienone is 1. The van der Waals surface area contributed by atoms with E-state index in [1.54, 1.807) is 12.1 Å².